The molecule has 0 aliphatic carbocycles. The Morgan fingerprint density at radius 2 is 1.24 bits per heavy atom. The molecule has 0 saturated heterocycles. The summed E-state index contributed by atoms with van der Waals surface area (Å²) in [6, 6.07) is 16.0. The second-order valence-electron chi connectivity index (χ2n) is 6.25. The third kappa shape index (κ3) is 6.87. The molecular weight excluding hydrogens is 384 g/mol. The van der Waals surface area contributed by atoms with Crippen LogP contribution in [-0.4, -0.2) is 40.2 Å². The zero-order valence-electron chi connectivity index (χ0n) is 17.2. The standard InChI is InChI=1S/C23H28O5Si/c1-4-26-29(27-5-2,28-6-3)17-16-19-12-14-21(15-13-19)23(25)18-22(24)20-10-8-7-9-11-20/h7-17H,4-6,18H2,1-3H3. The van der Waals surface area contributed by atoms with Gasteiger partial charge in [0.05, 0.1) is 6.42 Å². The SMILES string of the molecule is CCO[Si](C=Cc1ccc(C(=O)CC(=O)c2ccccc2)cc1)(OCC)OCC. The van der Waals surface area contributed by atoms with Gasteiger partial charge in [-0.25, -0.2) is 0 Å². The molecule has 0 aliphatic rings. The van der Waals surface area contributed by atoms with Crippen molar-refractivity contribution in [3.05, 3.63) is 77.0 Å². The van der Waals surface area contributed by atoms with Crippen LogP contribution in [0.1, 0.15) is 53.5 Å². The molecule has 0 spiro atoms. The summed E-state index contributed by atoms with van der Waals surface area (Å²) in [6.07, 6.45) is 1.74. The van der Waals surface area contributed by atoms with Gasteiger partial charge < -0.3 is 13.3 Å². The van der Waals surface area contributed by atoms with Gasteiger partial charge in [0.25, 0.3) is 0 Å². The van der Waals surface area contributed by atoms with Crippen molar-refractivity contribution in [3.63, 3.8) is 0 Å². The molecular formula is C23H28O5Si. The molecule has 0 saturated carbocycles. The Morgan fingerprint density at radius 1 is 0.759 bits per heavy atom. The quantitative estimate of drug-likeness (QED) is 0.286. The van der Waals surface area contributed by atoms with E-state index in [4.69, 9.17) is 13.3 Å². The van der Waals surface area contributed by atoms with Crippen LogP contribution in [0.25, 0.3) is 6.08 Å². The van der Waals surface area contributed by atoms with Crippen molar-refractivity contribution in [2.75, 3.05) is 19.8 Å². The van der Waals surface area contributed by atoms with Crippen LogP contribution in [0.4, 0.5) is 0 Å². The smallest absolute Gasteiger partial charge is 0.371 e. The molecule has 6 heteroatoms. The van der Waals surface area contributed by atoms with Crippen molar-refractivity contribution in [2.45, 2.75) is 27.2 Å². The summed E-state index contributed by atoms with van der Waals surface area (Å²) in [6.45, 7) is 7.22. The van der Waals surface area contributed by atoms with Gasteiger partial charge in [-0.2, -0.15) is 0 Å². The minimum atomic E-state index is -2.87. The molecule has 0 unspecified atom stereocenters. The van der Waals surface area contributed by atoms with Crippen LogP contribution in [-0.2, 0) is 13.3 Å². The lowest BCUT2D eigenvalue weighted by atomic mass is 10.0. The van der Waals surface area contributed by atoms with E-state index in [0.717, 1.165) is 5.56 Å². The zero-order valence-corrected chi connectivity index (χ0v) is 18.2. The highest BCUT2D eigenvalue weighted by atomic mass is 28.4. The van der Waals surface area contributed by atoms with Gasteiger partial charge >= 0.3 is 8.80 Å². The van der Waals surface area contributed by atoms with Crippen molar-refractivity contribution >= 4 is 26.4 Å². The van der Waals surface area contributed by atoms with Crippen LogP contribution in [0.3, 0.4) is 0 Å². The first kappa shape index (κ1) is 22.9. The van der Waals surface area contributed by atoms with Crippen molar-refractivity contribution in [2.24, 2.45) is 0 Å². The van der Waals surface area contributed by atoms with Crippen molar-refractivity contribution in [1.29, 1.82) is 0 Å². The Balaban J connectivity index is 2.07. The first-order valence-corrected chi connectivity index (χ1v) is 11.7. The number of rotatable bonds is 12. The van der Waals surface area contributed by atoms with Gasteiger partial charge in [0, 0.05) is 30.9 Å². The Labute approximate surface area is 173 Å². The lowest BCUT2D eigenvalue weighted by molar-refractivity contribution is 0.0842. The van der Waals surface area contributed by atoms with Crippen LogP contribution in [0.5, 0.6) is 0 Å². The van der Waals surface area contributed by atoms with Crippen LogP contribution in [0.2, 0.25) is 0 Å². The molecule has 29 heavy (non-hydrogen) atoms. The van der Waals surface area contributed by atoms with Gasteiger partial charge in [0.2, 0.25) is 0 Å². The van der Waals surface area contributed by atoms with Gasteiger partial charge in [-0.05, 0) is 32.0 Å². The minimum Gasteiger partial charge on any atom is -0.371 e. The van der Waals surface area contributed by atoms with E-state index in [1.54, 1.807) is 36.4 Å². The largest absolute Gasteiger partial charge is 0.529 e. The summed E-state index contributed by atoms with van der Waals surface area (Å²) in [5, 5.41) is 0. The van der Waals surface area contributed by atoms with Crippen molar-refractivity contribution in [3.8, 4) is 0 Å². The maximum Gasteiger partial charge on any atom is 0.529 e. The molecule has 5 nitrogen and oxygen atoms in total. The highest BCUT2D eigenvalue weighted by molar-refractivity contribution is 6.67. The Hall–Kier alpha value is -2.38. The predicted octanol–water partition coefficient (Wildman–Crippen LogP) is 4.74. The van der Waals surface area contributed by atoms with Crippen LogP contribution < -0.4 is 0 Å². The summed E-state index contributed by atoms with van der Waals surface area (Å²) >= 11 is 0. The van der Waals surface area contributed by atoms with E-state index >= 15 is 0 Å². The highest BCUT2D eigenvalue weighted by Crippen LogP contribution is 2.16. The summed E-state index contributed by atoms with van der Waals surface area (Å²) in [5.41, 5.74) is 3.81. The van der Waals surface area contributed by atoms with E-state index in [1.807, 2.05) is 50.7 Å². The molecule has 2 rings (SSSR count). The average molecular weight is 413 g/mol. The summed E-state index contributed by atoms with van der Waals surface area (Å²) in [7, 11) is -2.87. The van der Waals surface area contributed by atoms with Crippen molar-refractivity contribution in [1.82, 2.24) is 0 Å². The molecule has 0 atom stereocenters. The third-order valence-electron chi connectivity index (χ3n) is 4.17. The normalized spacial score (nSPS) is 11.7. The maximum absolute atomic E-state index is 12.4. The number of hydrogen-bond donors (Lipinski definition) is 0. The zero-order chi connectivity index (χ0) is 21.1. The predicted molar refractivity (Wildman–Crippen MR) is 116 cm³/mol. The molecule has 0 heterocycles. The fourth-order valence-corrected chi connectivity index (χ4v) is 4.97. The van der Waals surface area contributed by atoms with Gasteiger partial charge in [0.1, 0.15) is 0 Å². The summed E-state index contributed by atoms with van der Waals surface area (Å²) < 4.78 is 17.4. The van der Waals surface area contributed by atoms with E-state index in [2.05, 4.69) is 0 Å². The molecule has 0 amide bonds. The van der Waals surface area contributed by atoms with E-state index in [0.29, 0.717) is 30.9 Å². The number of Topliss-reactive ketones (excluding diaryl/α,β-unsaturated/α-hetero) is 2. The first-order chi connectivity index (χ1) is 14.0. The summed E-state index contributed by atoms with van der Waals surface area (Å²) in [4.78, 5) is 24.6. The first-order valence-electron chi connectivity index (χ1n) is 9.86. The lowest BCUT2D eigenvalue weighted by Crippen LogP contribution is -2.44. The lowest BCUT2D eigenvalue weighted by Gasteiger charge is -2.25. The molecule has 2 aromatic carbocycles. The van der Waals surface area contributed by atoms with Crippen LogP contribution in [0.15, 0.2) is 60.3 Å². The molecule has 2 aromatic rings. The fourth-order valence-electron chi connectivity index (χ4n) is 2.83. The molecule has 154 valence electrons. The van der Waals surface area contributed by atoms with Crippen LogP contribution in [0, 0.1) is 0 Å². The molecule has 0 aliphatic heterocycles. The van der Waals surface area contributed by atoms with E-state index in [-0.39, 0.29) is 18.0 Å². The van der Waals surface area contributed by atoms with E-state index in [9.17, 15) is 9.59 Å². The Kier molecular flexibility index (Phi) is 9.14. The Bertz CT molecular complexity index is 798. The van der Waals surface area contributed by atoms with Gasteiger partial charge in [0.15, 0.2) is 11.6 Å². The Morgan fingerprint density at radius 3 is 1.72 bits per heavy atom. The molecule has 0 N–H and O–H groups in total. The molecule has 0 radical (unpaired) electrons. The number of hydrogen-bond acceptors (Lipinski definition) is 5. The number of ketones is 2. The average Bonchev–Trinajstić information content (AvgIpc) is 2.74. The molecule has 0 fully saturated rings. The number of carbonyl (C=O) groups excluding carboxylic acids is 2. The second-order valence-corrected chi connectivity index (χ2v) is 8.65. The highest BCUT2D eigenvalue weighted by Gasteiger charge is 2.37. The van der Waals surface area contributed by atoms with Gasteiger partial charge in [-0.3, -0.25) is 9.59 Å². The molecule has 0 bridgehead atoms. The van der Waals surface area contributed by atoms with Crippen LogP contribution >= 0.6 is 0 Å². The molecule has 0 aromatic heterocycles. The van der Waals surface area contributed by atoms with E-state index < -0.39 is 8.80 Å². The topological polar surface area (TPSA) is 61.8 Å². The number of benzene rings is 2. The monoisotopic (exact) mass is 412 g/mol. The second kappa shape index (κ2) is 11.6. The van der Waals surface area contributed by atoms with Crippen molar-refractivity contribution < 1.29 is 22.9 Å². The third-order valence-corrected chi connectivity index (χ3v) is 6.81. The minimum absolute atomic E-state index is 0.145. The maximum atomic E-state index is 12.4. The number of carbonyl (C=O) groups is 2. The van der Waals surface area contributed by atoms with E-state index in [1.165, 1.54) is 0 Å². The van der Waals surface area contributed by atoms with Gasteiger partial charge in [-0.15, -0.1) is 0 Å². The van der Waals surface area contributed by atoms with Gasteiger partial charge in [-0.1, -0.05) is 60.7 Å². The summed E-state index contributed by atoms with van der Waals surface area (Å²) in [5.74, 6) is -0.378. The fraction of sp³-hybridized carbons (Fsp3) is 0.304.